The molecule has 282 valence electrons. The van der Waals surface area contributed by atoms with Crippen LogP contribution in [-0.4, -0.2) is 75.6 Å². The quantitative estimate of drug-likeness (QED) is 0.0348. The number of carbonyl (C=O) groups is 2. The predicted molar refractivity (Wildman–Crippen MR) is 200 cm³/mol. The van der Waals surface area contributed by atoms with Crippen LogP contribution < -0.4 is 5.32 Å². The Hall–Kier alpha value is -1.10. The number of amides is 1. The molecule has 0 aromatic heterocycles. The highest BCUT2D eigenvalue weighted by molar-refractivity contribution is 6.74. The fourth-order valence-electron chi connectivity index (χ4n) is 5.81. The van der Waals surface area contributed by atoms with E-state index >= 15 is 0 Å². The summed E-state index contributed by atoms with van der Waals surface area (Å²) in [5.41, 5.74) is 0. The van der Waals surface area contributed by atoms with Gasteiger partial charge in [0.1, 0.15) is 30.1 Å². The molecule has 1 aliphatic heterocycles. The van der Waals surface area contributed by atoms with Crippen LogP contribution in [0.2, 0.25) is 18.1 Å². The van der Waals surface area contributed by atoms with Gasteiger partial charge in [-0.3, -0.25) is 9.59 Å². The average molecular weight is 698 g/mol. The molecule has 0 radical (unpaired) electrons. The number of unbranched alkanes of at least 4 members (excludes halogenated alkanes) is 15. The molecule has 5 atom stereocenters. The molecular formula is C39H75NO7Si. The van der Waals surface area contributed by atoms with Crippen LogP contribution in [0.3, 0.4) is 0 Å². The number of hydrogen-bond donors (Lipinski definition) is 2. The maximum absolute atomic E-state index is 13.2. The van der Waals surface area contributed by atoms with Crippen molar-refractivity contribution in [2.24, 2.45) is 0 Å². The summed E-state index contributed by atoms with van der Waals surface area (Å²) < 4.78 is 25.1. The molecule has 0 aliphatic carbocycles. The van der Waals surface area contributed by atoms with Crippen molar-refractivity contribution in [1.29, 1.82) is 0 Å². The number of aliphatic hydroxyl groups excluding tert-OH is 1. The molecule has 0 spiro atoms. The molecule has 1 fully saturated rings. The summed E-state index contributed by atoms with van der Waals surface area (Å²) >= 11 is 0. The van der Waals surface area contributed by atoms with Crippen molar-refractivity contribution in [1.82, 2.24) is 5.32 Å². The van der Waals surface area contributed by atoms with E-state index in [0.29, 0.717) is 13.0 Å². The van der Waals surface area contributed by atoms with Crippen LogP contribution in [-0.2, 0) is 28.2 Å². The smallest absolute Gasteiger partial charge is 0.227 e. The molecule has 0 unspecified atom stereocenters. The van der Waals surface area contributed by atoms with Crippen molar-refractivity contribution >= 4 is 20.0 Å². The summed E-state index contributed by atoms with van der Waals surface area (Å²) in [4.78, 5) is 25.9. The van der Waals surface area contributed by atoms with Crippen molar-refractivity contribution in [2.45, 2.75) is 205 Å². The van der Waals surface area contributed by atoms with Crippen molar-refractivity contribution < 1.29 is 33.3 Å². The van der Waals surface area contributed by atoms with E-state index in [1.54, 1.807) is 6.08 Å². The van der Waals surface area contributed by atoms with Crippen LogP contribution in [0.25, 0.3) is 0 Å². The molecule has 2 N–H and O–H groups in total. The first-order valence-corrected chi connectivity index (χ1v) is 22.4. The second kappa shape index (κ2) is 25.8. The number of rotatable bonds is 29. The number of hydrogen-bond acceptors (Lipinski definition) is 7. The fourth-order valence-corrected chi connectivity index (χ4v) is 6.83. The van der Waals surface area contributed by atoms with Crippen LogP contribution in [0.4, 0.5) is 0 Å². The average Bonchev–Trinajstić information content (AvgIpc) is 3.02. The van der Waals surface area contributed by atoms with E-state index in [1.165, 1.54) is 70.6 Å². The number of ether oxygens (including phenoxy) is 3. The molecule has 0 aromatic rings. The molecule has 9 heteroatoms. The lowest BCUT2D eigenvalue weighted by Gasteiger charge is -2.46. The van der Waals surface area contributed by atoms with Gasteiger partial charge in [-0.15, -0.1) is 6.58 Å². The number of Topliss-reactive ketones (excluding diaryl/α,β-unsaturated/α-hetero) is 1. The molecule has 1 heterocycles. The van der Waals surface area contributed by atoms with E-state index in [-0.39, 0.29) is 30.5 Å². The third-order valence-corrected chi connectivity index (χ3v) is 14.5. The van der Waals surface area contributed by atoms with Gasteiger partial charge >= 0.3 is 0 Å². The highest BCUT2D eigenvalue weighted by Crippen LogP contribution is 2.37. The Balaban J connectivity index is 2.85. The molecule has 0 saturated carbocycles. The third kappa shape index (κ3) is 18.8. The molecular weight excluding hydrogens is 623 g/mol. The summed E-state index contributed by atoms with van der Waals surface area (Å²) in [5.74, 6) is -0.478. The lowest BCUT2D eigenvalue weighted by molar-refractivity contribution is -0.273. The van der Waals surface area contributed by atoms with Crippen LogP contribution in [0.5, 0.6) is 0 Å². The Morgan fingerprint density at radius 1 is 0.833 bits per heavy atom. The monoisotopic (exact) mass is 698 g/mol. The third-order valence-electron chi connectivity index (χ3n) is 10.0. The number of aliphatic hydroxyl groups is 1. The van der Waals surface area contributed by atoms with Gasteiger partial charge < -0.3 is 29.1 Å². The van der Waals surface area contributed by atoms with Crippen molar-refractivity contribution in [2.75, 3.05) is 19.8 Å². The molecule has 0 aromatic carbocycles. The van der Waals surface area contributed by atoms with Crippen molar-refractivity contribution in [3.63, 3.8) is 0 Å². The largest absolute Gasteiger partial charge is 0.414 e. The first kappa shape index (κ1) is 44.9. The summed E-state index contributed by atoms with van der Waals surface area (Å²) in [7, 11) is -2.12. The Morgan fingerprint density at radius 2 is 1.35 bits per heavy atom. The standard InChI is InChI=1S/C39H75NO7Si/c1-9-12-14-16-18-20-21-23-25-27-32(41)30-34(42)40-35-37(44-29-26-24-22-19-17-15-13-10-2)36(43)33(47-38(35)45-28-11-3)31-46-48(7,8)39(4,5)6/h11,33,35-38,43H,3,9-10,12-31H2,1-2,4-8H3,(H,40,42)/t33-,35-,36-,37-,38-/m1/s1. The van der Waals surface area contributed by atoms with Gasteiger partial charge in [0.2, 0.25) is 5.91 Å². The number of nitrogens with one attached hydrogen (secondary N) is 1. The highest BCUT2D eigenvalue weighted by atomic mass is 28.4. The summed E-state index contributed by atoms with van der Waals surface area (Å²) in [5, 5.41) is 14.6. The predicted octanol–water partition coefficient (Wildman–Crippen LogP) is 9.19. The van der Waals surface area contributed by atoms with Gasteiger partial charge in [-0.25, -0.2) is 0 Å². The maximum Gasteiger partial charge on any atom is 0.227 e. The van der Waals surface area contributed by atoms with Crippen LogP contribution in [0.1, 0.15) is 157 Å². The topological polar surface area (TPSA) is 103 Å². The van der Waals surface area contributed by atoms with Gasteiger partial charge in [-0.05, 0) is 31.0 Å². The van der Waals surface area contributed by atoms with Gasteiger partial charge in [0, 0.05) is 13.0 Å². The van der Waals surface area contributed by atoms with Gasteiger partial charge in [-0.1, -0.05) is 137 Å². The van der Waals surface area contributed by atoms with Crippen molar-refractivity contribution in [3.05, 3.63) is 12.7 Å². The normalized spacial score (nSPS) is 21.7. The summed E-state index contributed by atoms with van der Waals surface area (Å²) in [6.07, 6.45) is 18.3. The zero-order valence-electron chi connectivity index (χ0n) is 32.1. The lowest BCUT2D eigenvalue weighted by atomic mass is 9.96. The molecule has 1 saturated heterocycles. The molecule has 1 amide bonds. The Bertz CT molecular complexity index is 862. The summed E-state index contributed by atoms with van der Waals surface area (Å²) in [6, 6.07) is -0.786. The maximum atomic E-state index is 13.2. The molecule has 1 rings (SSSR count). The second-order valence-corrected chi connectivity index (χ2v) is 20.2. The Labute approximate surface area is 296 Å². The van der Waals surface area contributed by atoms with Crippen LogP contribution in [0, 0.1) is 0 Å². The molecule has 1 aliphatic rings. The van der Waals surface area contributed by atoms with Gasteiger partial charge in [-0.2, -0.15) is 0 Å². The van der Waals surface area contributed by atoms with E-state index in [1.807, 2.05) is 0 Å². The molecule has 48 heavy (non-hydrogen) atoms. The zero-order valence-corrected chi connectivity index (χ0v) is 33.1. The van der Waals surface area contributed by atoms with Gasteiger partial charge in [0.25, 0.3) is 0 Å². The zero-order chi connectivity index (χ0) is 35.8. The lowest BCUT2D eigenvalue weighted by Crippen LogP contribution is -2.66. The molecule has 8 nitrogen and oxygen atoms in total. The van der Waals surface area contributed by atoms with E-state index in [9.17, 15) is 14.7 Å². The molecule has 0 bridgehead atoms. The second-order valence-electron chi connectivity index (χ2n) is 15.4. The van der Waals surface area contributed by atoms with Crippen LogP contribution >= 0.6 is 0 Å². The Kier molecular flexibility index (Phi) is 24.1. The SMILES string of the molecule is C=CCO[C@@H]1O[C@H](CO[Si](C)(C)C(C)(C)C)[C@@H](O)[C@H](OCCCCCCCCCC)[C@H]1NC(=O)CC(=O)CCCCCCCCCCC. The highest BCUT2D eigenvalue weighted by Gasteiger charge is 2.48. The first-order chi connectivity index (χ1) is 22.9. The van der Waals surface area contributed by atoms with Gasteiger partial charge in [0.15, 0.2) is 14.6 Å². The van der Waals surface area contributed by atoms with Crippen LogP contribution in [0.15, 0.2) is 12.7 Å². The summed E-state index contributed by atoms with van der Waals surface area (Å²) in [6.45, 7) is 19.9. The first-order valence-electron chi connectivity index (χ1n) is 19.5. The van der Waals surface area contributed by atoms with E-state index in [2.05, 4.69) is 59.6 Å². The van der Waals surface area contributed by atoms with Gasteiger partial charge in [0.05, 0.1) is 19.6 Å². The fraction of sp³-hybridized carbons (Fsp3) is 0.897. The van der Waals surface area contributed by atoms with Crippen molar-refractivity contribution in [3.8, 4) is 0 Å². The van der Waals surface area contributed by atoms with E-state index < -0.39 is 44.9 Å². The van der Waals surface area contributed by atoms with E-state index in [4.69, 9.17) is 18.6 Å². The van der Waals surface area contributed by atoms with E-state index in [0.717, 1.165) is 38.5 Å². The Morgan fingerprint density at radius 3 is 1.88 bits per heavy atom. The number of carbonyl (C=O) groups excluding carboxylic acids is 2. The minimum atomic E-state index is -2.12. The minimum Gasteiger partial charge on any atom is -0.414 e. The number of ketones is 1. The minimum absolute atomic E-state index is 0.00487.